The van der Waals surface area contributed by atoms with Gasteiger partial charge in [-0.15, -0.1) is 0 Å². The van der Waals surface area contributed by atoms with Crippen molar-refractivity contribution in [2.45, 2.75) is 40.2 Å². The van der Waals surface area contributed by atoms with Crippen molar-refractivity contribution in [1.82, 2.24) is 4.90 Å². The third-order valence-electron chi connectivity index (χ3n) is 5.69. The van der Waals surface area contributed by atoms with Crippen LogP contribution in [0.3, 0.4) is 0 Å². The molecule has 2 aromatic rings. The molecule has 0 radical (unpaired) electrons. The number of likely N-dealkylation sites (tertiary alicyclic amines) is 1. The number of piperidine rings is 1. The van der Waals surface area contributed by atoms with Gasteiger partial charge in [-0.3, -0.25) is 0 Å². The lowest BCUT2D eigenvalue weighted by molar-refractivity contribution is 0.181. The van der Waals surface area contributed by atoms with Crippen LogP contribution in [0, 0.1) is 11.2 Å². The SMILES string of the molecule is COc1ccc2c(c1)COc1ccc(F)cc1C2=C1CCN(CC(C)(C)C)CC1. The fourth-order valence-corrected chi connectivity index (χ4v) is 4.47. The van der Waals surface area contributed by atoms with E-state index < -0.39 is 0 Å². The maximum atomic E-state index is 14.2. The zero-order valence-electron chi connectivity index (χ0n) is 17.8. The minimum absolute atomic E-state index is 0.229. The number of fused-ring (bicyclic) bond motifs is 2. The number of hydrogen-bond acceptors (Lipinski definition) is 3. The van der Waals surface area contributed by atoms with Crippen molar-refractivity contribution in [3.8, 4) is 11.5 Å². The third kappa shape index (κ3) is 4.32. The maximum Gasteiger partial charge on any atom is 0.127 e. The van der Waals surface area contributed by atoms with Crippen molar-refractivity contribution >= 4 is 5.57 Å². The lowest BCUT2D eigenvalue weighted by Gasteiger charge is -2.34. The van der Waals surface area contributed by atoms with E-state index >= 15 is 0 Å². The van der Waals surface area contributed by atoms with Crippen molar-refractivity contribution < 1.29 is 13.9 Å². The monoisotopic (exact) mass is 395 g/mol. The Bertz CT molecular complexity index is 932. The minimum Gasteiger partial charge on any atom is -0.497 e. The molecular formula is C25H30FNO2. The van der Waals surface area contributed by atoms with Crippen LogP contribution in [0.4, 0.5) is 4.39 Å². The van der Waals surface area contributed by atoms with Crippen molar-refractivity contribution in [3.05, 3.63) is 64.5 Å². The van der Waals surface area contributed by atoms with Crippen molar-refractivity contribution in [1.29, 1.82) is 0 Å². The molecule has 4 heteroatoms. The van der Waals surface area contributed by atoms with Gasteiger partial charge in [0.05, 0.1) is 7.11 Å². The summed E-state index contributed by atoms with van der Waals surface area (Å²) < 4.78 is 25.7. The number of rotatable bonds is 2. The molecule has 0 unspecified atom stereocenters. The Morgan fingerprint density at radius 3 is 2.48 bits per heavy atom. The fraction of sp³-hybridized carbons (Fsp3) is 0.440. The van der Waals surface area contributed by atoms with Crippen LogP contribution in [-0.2, 0) is 6.61 Å². The van der Waals surface area contributed by atoms with E-state index in [4.69, 9.17) is 9.47 Å². The number of hydrogen-bond donors (Lipinski definition) is 0. The van der Waals surface area contributed by atoms with Gasteiger partial charge in [0.1, 0.15) is 23.9 Å². The van der Waals surface area contributed by atoms with Crippen LogP contribution in [0.15, 0.2) is 42.0 Å². The van der Waals surface area contributed by atoms with E-state index in [0.29, 0.717) is 12.0 Å². The van der Waals surface area contributed by atoms with Gasteiger partial charge in [-0.1, -0.05) is 32.4 Å². The molecule has 0 N–H and O–H groups in total. The smallest absolute Gasteiger partial charge is 0.127 e. The quantitative estimate of drug-likeness (QED) is 0.654. The summed E-state index contributed by atoms with van der Waals surface area (Å²) in [7, 11) is 1.67. The Hall–Kier alpha value is -2.33. The molecule has 29 heavy (non-hydrogen) atoms. The Kier molecular flexibility index (Phi) is 5.39. The Balaban J connectivity index is 1.77. The molecule has 1 saturated heterocycles. The first-order valence-corrected chi connectivity index (χ1v) is 10.4. The molecule has 2 heterocycles. The lowest BCUT2D eigenvalue weighted by Crippen LogP contribution is -2.37. The van der Waals surface area contributed by atoms with E-state index in [2.05, 4.69) is 31.7 Å². The molecule has 0 bridgehead atoms. The summed E-state index contributed by atoms with van der Waals surface area (Å²) in [5, 5.41) is 0. The predicted molar refractivity (Wildman–Crippen MR) is 115 cm³/mol. The van der Waals surface area contributed by atoms with Gasteiger partial charge in [0, 0.05) is 30.8 Å². The first-order valence-electron chi connectivity index (χ1n) is 10.4. The summed E-state index contributed by atoms with van der Waals surface area (Å²) in [6, 6.07) is 11.0. The van der Waals surface area contributed by atoms with Gasteiger partial charge >= 0.3 is 0 Å². The van der Waals surface area contributed by atoms with Crippen LogP contribution in [-0.4, -0.2) is 31.6 Å². The Morgan fingerprint density at radius 2 is 1.79 bits per heavy atom. The van der Waals surface area contributed by atoms with Gasteiger partial charge in [-0.05, 0) is 59.7 Å². The molecule has 0 atom stereocenters. The summed E-state index contributed by atoms with van der Waals surface area (Å²) in [6.45, 7) is 10.5. The van der Waals surface area contributed by atoms with Gasteiger partial charge < -0.3 is 14.4 Å². The topological polar surface area (TPSA) is 21.7 Å². The van der Waals surface area contributed by atoms with Gasteiger partial charge in [-0.2, -0.15) is 0 Å². The molecule has 0 aromatic heterocycles. The van der Waals surface area contributed by atoms with E-state index in [1.54, 1.807) is 19.2 Å². The molecule has 0 saturated carbocycles. The van der Waals surface area contributed by atoms with Crippen molar-refractivity contribution in [3.63, 3.8) is 0 Å². The number of nitrogens with zero attached hydrogens (tertiary/aromatic N) is 1. The summed E-state index contributed by atoms with van der Waals surface area (Å²) in [5.41, 5.74) is 5.91. The highest BCUT2D eigenvalue weighted by molar-refractivity contribution is 5.87. The van der Waals surface area contributed by atoms with Crippen LogP contribution in [0.1, 0.15) is 50.3 Å². The van der Waals surface area contributed by atoms with E-state index in [1.807, 2.05) is 12.1 Å². The van der Waals surface area contributed by atoms with Crippen LogP contribution in [0.2, 0.25) is 0 Å². The normalized spacial score (nSPS) is 17.3. The fourth-order valence-electron chi connectivity index (χ4n) is 4.47. The molecule has 3 nitrogen and oxygen atoms in total. The van der Waals surface area contributed by atoms with E-state index in [9.17, 15) is 4.39 Å². The van der Waals surface area contributed by atoms with Crippen LogP contribution in [0.5, 0.6) is 11.5 Å². The highest BCUT2D eigenvalue weighted by atomic mass is 19.1. The first kappa shape index (κ1) is 20.0. The third-order valence-corrected chi connectivity index (χ3v) is 5.69. The van der Waals surface area contributed by atoms with Crippen LogP contribution >= 0.6 is 0 Å². The van der Waals surface area contributed by atoms with Gasteiger partial charge in [-0.25, -0.2) is 4.39 Å². The molecule has 0 amide bonds. The summed E-state index contributed by atoms with van der Waals surface area (Å²) >= 11 is 0. The lowest BCUT2D eigenvalue weighted by atomic mass is 9.86. The maximum absolute atomic E-state index is 14.2. The van der Waals surface area contributed by atoms with E-state index in [1.165, 1.54) is 11.6 Å². The molecule has 154 valence electrons. The molecular weight excluding hydrogens is 365 g/mol. The number of benzene rings is 2. The number of methoxy groups -OCH3 is 1. The van der Waals surface area contributed by atoms with Crippen LogP contribution < -0.4 is 9.47 Å². The average molecular weight is 396 g/mol. The van der Waals surface area contributed by atoms with E-state index in [0.717, 1.165) is 66.2 Å². The Morgan fingerprint density at radius 1 is 1.03 bits per heavy atom. The molecule has 2 aliphatic heterocycles. The van der Waals surface area contributed by atoms with Gasteiger partial charge in [0.2, 0.25) is 0 Å². The highest BCUT2D eigenvalue weighted by Gasteiger charge is 2.27. The zero-order chi connectivity index (χ0) is 20.6. The molecule has 2 aliphatic rings. The molecule has 0 spiro atoms. The van der Waals surface area contributed by atoms with Gasteiger partial charge in [0.25, 0.3) is 0 Å². The van der Waals surface area contributed by atoms with Crippen molar-refractivity contribution in [2.24, 2.45) is 5.41 Å². The summed E-state index contributed by atoms with van der Waals surface area (Å²) in [5.74, 6) is 1.34. The number of halogens is 1. The predicted octanol–water partition coefficient (Wildman–Crippen LogP) is 5.67. The summed E-state index contributed by atoms with van der Waals surface area (Å²) in [4.78, 5) is 2.54. The molecule has 0 aliphatic carbocycles. The van der Waals surface area contributed by atoms with E-state index in [-0.39, 0.29) is 5.82 Å². The standard InChI is InChI=1S/C25H30FNO2/c1-25(2,3)16-27-11-9-17(10-12-27)24-21-7-6-20(28-4)13-18(21)15-29-23-8-5-19(26)14-22(23)24/h5-8,13-14H,9-12,15-16H2,1-4H3. The molecule has 4 rings (SSSR count). The van der Waals surface area contributed by atoms with Crippen LogP contribution in [0.25, 0.3) is 5.57 Å². The minimum atomic E-state index is -0.229. The number of ether oxygens (including phenoxy) is 2. The highest BCUT2D eigenvalue weighted by Crippen LogP contribution is 2.42. The first-order chi connectivity index (χ1) is 13.8. The second-order valence-corrected chi connectivity index (χ2v) is 9.27. The second kappa shape index (κ2) is 7.83. The Labute approximate surface area is 173 Å². The summed E-state index contributed by atoms with van der Waals surface area (Å²) in [6.07, 6.45) is 1.99. The second-order valence-electron chi connectivity index (χ2n) is 9.27. The molecule has 2 aromatic carbocycles. The largest absolute Gasteiger partial charge is 0.497 e. The van der Waals surface area contributed by atoms with Crippen molar-refractivity contribution in [2.75, 3.05) is 26.7 Å². The molecule has 1 fully saturated rings. The van der Waals surface area contributed by atoms with Gasteiger partial charge in [0.15, 0.2) is 0 Å². The average Bonchev–Trinajstić information content (AvgIpc) is 2.83. The zero-order valence-corrected chi connectivity index (χ0v) is 17.8.